The smallest absolute Gasteiger partial charge is 0.267 e. The number of hydrogen-bond acceptors (Lipinski definition) is 4. The second kappa shape index (κ2) is 5.95. The van der Waals surface area contributed by atoms with Gasteiger partial charge >= 0.3 is 0 Å². The Morgan fingerprint density at radius 3 is 2.69 bits per heavy atom. The van der Waals surface area contributed by atoms with Crippen LogP contribution in [0.15, 0.2) is 29.6 Å². The van der Waals surface area contributed by atoms with Crippen molar-refractivity contribution in [3.8, 4) is 0 Å². The fourth-order valence-corrected chi connectivity index (χ4v) is 1.20. The molecular weight excluding hydrogens is 204 g/mol. The molecular formula is C11H16N4O. The summed E-state index contributed by atoms with van der Waals surface area (Å²) < 4.78 is 1.12. The first-order valence-electron chi connectivity index (χ1n) is 5.17. The van der Waals surface area contributed by atoms with Gasteiger partial charge in [-0.1, -0.05) is 17.2 Å². The molecule has 1 aromatic heterocycles. The number of allylic oxidation sites excluding steroid dienone is 4. The van der Waals surface area contributed by atoms with E-state index in [0.717, 1.165) is 23.1 Å². The lowest BCUT2D eigenvalue weighted by Crippen LogP contribution is -2.08. The summed E-state index contributed by atoms with van der Waals surface area (Å²) in [4.78, 5) is 11.5. The predicted molar refractivity (Wildman–Crippen MR) is 60.9 cm³/mol. The SMILES string of the molecule is CC(C)=CCC/C(C)=C\C(=O)n1cnnn1. The molecule has 0 aliphatic carbocycles. The average Bonchev–Trinajstić information content (AvgIpc) is 2.69. The monoisotopic (exact) mass is 220 g/mol. The minimum Gasteiger partial charge on any atom is -0.267 e. The molecule has 0 aliphatic heterocycles. The average molecular weight is 220 g/mol. The molecule has 0 atom stereocenters. The zero-order valence-corrected chi connectivity index (χ0v) is 9.84. The van der Waals surface area contributed by atoms with Gasteiger partial charge in [0.05, 0.1) is 0 Å². The third-order valence-electron chi connectivity index (χ3n) is 2.04. The van der Waals surface area contributed by atoms with E-state index in [4.69, 9.17) is 0 Å². The number of tetrazole rings is 1. The Hall–Kier alpha value is -1.78. The second-order valence-corrected chi connectivity index (χ2v) is 3.90. The van der Waals surface area contributed by atoms with Crippen LogP contribution in [0, 0.1) is 0 Å². The Kier molecular flexibility index (Phi) is 4.57. The van der Waals surface area contributed by atoms with Crippen molar-refractivity contribution in [1.29, 1.82) is 0 Å². The van der Waals surface area contributed by atoms with Gasteiger partial charge < -0.3 is 0 Å². The van der Waals surface area contributed by atoms with Crippen molar-refractivity contribution in [2.45, 2.75) is 33.6 Å². The molecule has 1 heterocycles. The van der Waals surface area contributed by atoms with Gasteiger partial charge in [-0.15, -0.1) is 5.10 Å². The Morgan fingerprint density at radius 1 is 1.38 bits per heavy atom. The fraction of sp³-hybridized carbons (Fsp3) is 0.455. The molecule has 5 nitrogen and oxygen atoms in total. The van der Waals surface area contributed by atoms with Gasteiger partial charge in [-0.3, -0.25) is 4.79 Å². The van der Waals surface area contributed by atoms with E-state index in [2.05, 4.69) is 35.4 Å². The molecule has 5 heteroatoms. The molecule has 1 rings (SSSR count). The minimum atomic E-state index is -0.209. The Morgan fingerprint density at radius 2 is 2.12 bits per heavy atom. The first-order chi connectivity index (χ1) is 7.59. The van der Waals surface area contributed by atoms with Crippen molar-refractivity contribution in [2.24, 2.45) is 0 Å². The van der Waals surface area contributed by atoms with Gasteiger partial charge in [0.1, 0.15) is 6.33 Å². The summed E-state index contributed by atoms with van der Waals surface area (Å²) in [7, 11) is 0. The number of carbonyl (C=O) groups excluding carboxylic acids is 1. The molecule has 0 saturated carbocycles. The highest BCUT2D eigenvalue weighted by molar-refractivity contribution is 5.89. The molecule has 0 bridgehead atoms. The van der Waals surface area contributed by atoms with Gasteiger partial charge in [-0.2, -0.15) is 4.68 Å². The maximum atomic E-state index is 11.5. The molecule has 0 spiro atoms. The fourth-order valence-electron chi connectivity index (χ4n) is 1.20. The number of hydrogen-bond donors (Lipinski definition) is 0. The summed E-state index contributed by atoms with van der Waals surface area (Å²) in [5.74, 6) is -0.209. The molecule has 0 amide bonds. The Bertz CT molecular complexity index is 400. The topological polar surface area (TPSA) is 60.7 Å². The third-order valence-corrected chi connectivity index (χ3v) is 2.04. The van der Waals surface area contributed by atoms with Crippen LogP contribution in [0.2, 0.25) is 0 Å². The first-order valence-corrected chi connectivity index (χ1v) is 5.17. The zero-order valence-electron chi connectivity index (χ0n) is 9.84. The molecule has 0 aromatic carbocycles. The van der Waals surface area contributed by atoms with Crippen molar-refractivity contribution >= 4 is 5.91 Å². The molecule has 86 valence electrons. The van der Waals surface area contributed by atoms with Crippen molar-refractivity contribution < 1.29 is 4.79 Å². The van der Waals surface area contributed by atoms with Crippen molar-refractivity contribution in [1.82, 2.24) is 20.2 Å². The van der Waals surface area contributed by atoms with Crippen LogP contribution in [0.4, 0.5) is 0 Å². The van der Waals surface area contributed by atoms with E-state index in [1.54, 1.807) is 6.08 Å². The summed E-state index contributed by atoms with van der Waals surface area (Å²) in [6.07, 6.45) is 6.84. The van der Waals surface area contributed by atoms with Crippen LogP contribution in [0.1, 0.15) is 38.4 Å². The molecule has 1 aromatic rings. The standard InChI is InChI=1S/C11H16N4O/c1-9(2)5-4-6-10(3)7-11(16)15-8-12-13-14-15/h5,7-8H,4,6H2,1-3H3/b10-7-. The van der Waals surface area contributed by atoms with Crippen LogP contribution in [-0.2, 0) is 0 Å². The lowest BCUT2D eigenvalue weighted by molar-refractivity contribution is 0.0951. The zero-order chi connectivity index (χ0) is 12.0. The lowest BCUT2D eigenvalue weighted by atomic mass is 10.1. The molecule has 16 heavy (non-hydrogen) atoms. The van der Waals surface area contributed by atoms with E-state index in [9.17, 15) is 4.79 Å². The number of carbonyl (C=O) groups is 1. The number of aromatic nitrogens is 4. The van der Waals surface area contributed by atoms with Crippen molar-refractivity contribution in [3.63, 3.8) is 0 Å². The van der Waals surface area contributed by atoms with E-state index < -0.39 is 0 Å². The maximum absolute atomic E-state index is 11.5. The Labute approximate surface area is 94.8 Å². The van der Waals surface area contributed by atoms with Gasteiger partial charge in [0.15, 0.2) is 0 Å². The van der Waals surface area contributed by atoms with Gasteiger partial charge in [-0.25, -0.2) is 0 Å². The van der Waals surface area contributed by atoms with E-state index in [-0.39, 0.29) is 5.91 Å². The van der Waals surface area contributed by atoms with E-state index in [1.165, 1.54) is 11.9 Å². The molecule has 0 saturated heterocycles. The number of nitrogens with zero attached hydrogens (tertiary/aromatic N) is 4. The minimum absolute atomic E-state index is 0.209. The normalized spacial score (nSPS) is 11.3. The van der Waals surface area contributed by atoms with Crippen LogP contribution >= 0.6 is 0 Å². The Balaban J connectivity index is 2.50. The largest absolute Gasteiger partial charge is 0.273 e. The predicted octanol–water partition coefficient (Wildman–Crippen LogP) is 2.01. The lowest BCUT2D eigenvalue weighted by Gasteiger charge is -1.98. The van der Waals surface area contributed by atoms with Crippen molar-refractivity contribution in [3.05, 3.63) is 29.6 Å². The summed E-state index contributed by atoms with van der Waals surface area (Å²) in [5, 5.41) is 10.3. The van der Waals surface area contributed by atoms with Crippen LogP contribution in [0.5, 0.6) is 0 Å². The van der Waals surface area contributed by atoms with Crippen LogP contribution in [0.3, 0.4) is 0 Å². The van der Waals surface area contributed by atoms with Crippen molar-refractivity contribution in [2.75, 3.05) is 0 Å². The van der Waals surface area contributed by atoms with Crippen LogP contribution < -0.4 is 0 Å². The first kappa shape index (κ1) is 12.3. The highest BCUT2D eigenvalue weighted by Crippen LogP contribution is 2.06. The van der Waals surface area contributed by atoms with Crippen LogP contribution in [-0.4, -0.2) is 26.1 Å². The molecule has 0 aliphatic rings. The van der Waals surface area contributed by atoms with E-state index in [0.29, 0.717) is 0 Å². The number of rotatable bonds is 4. The van der Waals surface area contributed by atoms with Gasteiger partial charge in [-0.05, 0) is 44.0 Å². The second-order valence-electron chi connectivity index (χ2n) is 3.90. The highest BCUT2D eigenvalue weighted by atomic mass is 16.2. The summed E-state index contributed by atoms with van der Waals surface area (Å²) >= 11 is 0. The van der Waals surface area contributed by atoms with Gasteiger partial charge in [0.2, 0.25) is 0 Å². The van der Waals surface area contributed by atoms with Gasteiger partial charge in [0, 0.05) is 6.08 Å². The quantitative estimate of drug-likeness (QED) is 0.442. The molecule has 0 fully saturated rings. The molecule has 0 N–H and O–H groups in total. The van der Waals surface area contributed by atoms with E-state index in [1.807, 2.05) is 6.92 Å². The third kappa shape index (κ3) is 4.16. The summed E-state index contributed by atoms with van der Waals surface area (Å²) in [6, 6.07) is 0. The van der Waals surface area contributed by atoms with Crippen LogP contribution in [0.25, 0.3) is 0 Å². The highest BCUT2D eigenvalue weighted by Gasteiger charge is 2.02. The summed E-state index contributed by atoms with van der Waals surface area (Å²) in [5.41, 5.74) is 2.32. The van der Waals surface area contributed by atoms with Gasteiger partial charge in [0.25, 0.3) is 5.91 Å². The molecule has 0 unspecified atom stereocenters. The molecule has 0 radical (unpaired) electrons. The maximum Gasteiger partial charge on any atom is 0.273 e. The van der Waals surface area contributed by atoms with E-state index >= 15 is 0 Å². The summed E-state index contributed by atoms with van der Waals surface area (Å²) in [6.45, 7) is 6.05.